The van der Waals surface area contributed by atoms with Gasteiger partial charge in [0, 0.05) is 23.9 Å². The number of likely N-dealkylation sites (tertiary alicyclic amines) is 1. The maximum atomic E-state index is 12.2. The summed E-state index contributed by atoms with van der Waals surface area (Å²) >= 11 is 7.55. The molecule has 2 rings (SSSR count). The van der Waals surface area contributed by atoms with Gasteiger partial charge in [-0.1, -0.05) is 43.0 Å². The Bertz CT molecular complexity index is 413. The maximum Gasteiger partial charge on any atom is 0.232 e. The lowest BCUT2D eigenvalue weighted by Gasteiger charge is -2.24. The van der Waals surface area contributed by atoms with E-state index in [1.54, 1.807) is 11.8 Å². The molecule has 1 aromatic rings. The second-order valence-corrected chi connectivity index (χ2v) is 6.69. The molecule has 1 aliphatic rings. The van der Waals surface area contributed by atoms with E-state index in [1.165, 1.54) is 24.8 Å². The van der Waals surface area contributed by atoms with Crippen molar-refractivity contribution in [2.24, 2.45) is 0 Å². The summed E-state index contributed by atoms with van der Waals surface area (Å²) in [7, 11) is 0. The maximum absolute atomic E-state index is 12.2. The Kier molecular flexibility index (Phi) is 6.74. The molecule has 1 aromatic carbocycles. The average molecular weight is 312 g/mol. The topological polar surface area (TPSA) is 20.3 Å². The molecule has 1 saturated heterocycles. The Morgan fingerprint density at radius 3 is 2.30 bits per heavy atom. The third-order valence-corrected chi connectivity index (χ3v) is 4.86. The van der Waals surface area contributed by atoms with Crippen molar-refractivity contribution in [3.05, 3.63) is 34.9 Å². The molecule has 1 heterocycles. The van der Waals surface area contributed by atoms with Crippen LogP contribution < -0.4 is 0 Å². The van der Waals surface area contributed by atoms with Gasteiger partial charge >= 0.3 is 0 Å². The summed E-state index contributed by atoms with van der Waals surface area (Å²) < 4.78 is 0. The van der Waals surface area contributed by atoms with Crippen molar-refractivity contribution in [3.8, 4) is 0 Å². The smallest absolute Gasteiger partial charge is 0.232 e. The third kappa shape index (κ3) is 5.37. The number of benzene rings is 1. The predicted molar refractivity (Wildman–Crippen MR) is 87.3 cm³/mol. The first-order valence-corrected chi connectivity index (χ1v) is 8.89. The van der Waals surface area contributed by atoms with Crippen LogP contribution in [0, 0.1) is 0 Å². The fourth-order valence-electron chi connectivity index (χ4n) is 2.42. The van der Waals surface area contributed by atoms with Gasteiger partial charge in [0.2, 0.25) is 5.91 Å². The number of thioether (sulfide) groups is 1. The monoisotopic (exact) mass is 311 g/mol. The van der Waals surface area contributed by atoms with Gasteiger partial charge in [-0.15, -0.1) is 11.8 Å². The molecule has 20 heavy (non-hydrogen) atoms. The molecular formula is C16H22ClNOS. The molecule has 0 radical (unpaired) electrons. The number of carbonyl (C=O) groups is 1. The van der Waals surface area contributed by atoms with Crippen LogP contribution in [0.3, 0.4) is 0 Å². The average Bonchev–Trinajstić information content (AvgIpc) is 2.40. The molecule has 1 fully saturated rings. The fourth-order valence-corrected chi connectivity index (χ4v) is 3.44. The van der Waals surface area contributed by atoms with Crippen molar-refractivity contribution in [1.82, 2.24) is 4.90 Å². The summed E-state index contributed by atoms with van der Waals surface area (Å²) in [6.45, 7) is 1.89. The highest BCUT2D eigenvalue weighted by Gasteiger charge is 2.14. The van der Waals surface area contributed by atoms with Gasteiger partial charge in [0.25, 0.3) is 0 Å². The summed E-state index contributed by atoms with van der Waals surface area (Å²) in [6.07, 6.45) is 6.18. The minimum absolute atomic E-state index is 0.297. The Balaban J connectivity index is 1.72. The van der Waals surface area contributed by atoms with Crippen LogP contribution in [0.25, 0.3) is 0 Å². The van der Waals surface area contributed by atoms with E-state index in [2.05, 4.69) is 0 Å². The lowest BCUT2D eigenvalue weighted by atomic mass is 10.1. The predicted octanol–water partition coefficient (Wildman–Crippen LogP) is 4.37. The minimum Gasteiger partial charge on any atom is -0.342 e. The highest BCUT2D eigenvalue weighted by molar-refractivity contribution is 7.99. The van der Waals surface area contributed by atoms with Gasteiger partial charge in [-0.3, -0.25) is 4.79 Å². The van der Waals surface area contributed by atoms with Crippen LogP contribution in [-0.2, 0) is 10.5 Å². The number of rotatable bonds is 4. The molecule has 0 unspecified atom stereocenters. The second kappa shape index (κ2) is 8.58. The van der Waals surface area contributed by atoms with Gasteiger partial charge in [0.1, 0.15) is 0 Å². The van der Waals surface area contributed by atoms with Crippen molar-refractivity contribution in [2.75, 3.05) is 18.8 Å². The molecule has 1 aliphatic heterocycles. The molecule has 0 N–H and O–H groups in total. The molecule has 0 aliphatic carbocycles. The summed E-state index contributed by atoms with van der Waals surface area (Å²) in [4.78, 5) is 14.2. The number of carbonyl (C=O) groups excluding carboxylic acids is 1. The molecule has 0 atom stereocenters. The van der Waals surface area contributed by atoms with Crippen LogP contribution in [0.15, 0.2) is 24.3 Å². The summed E-state index contributed by atoms with van der Waals surface area (Å²) in [5.74, 6) is 1.75. The molecule has 4 heteroatoms. The van der Waals surface area contributed by atoms with Crippen LogP contribution in [0.2, 0.25) is 5.02 Å². The van der Waals surface area contributed by atoms with Crippen LogP contribution in [0.1, 0.15) is 37.7 Å². The highest BCUT2D eigenvalue weighted by atomic mass is 35.5. The fraction of sp³-hybridized carbons (Fsp3) is 0.562. The van der Waals surface area contributed by atoms with Crippen molar-refractivity contribution in [3.63, 3.8) is 0 Å². The normalized spacial score (nSPS) is 16.6. The first kappa shape index (κ1) is 15.7. The van der Waals surface area contributed by atoms with E-state index in [0.29, 0.717) is 11.7 Å². The van der Waals surface area contributed by atoms with E-state index in [4.69, 9.17) is 11.6 Å². The van der Waals surface area contributed by atoms with Gasteiger partial charge < -0.3 is 4.90 Å². The quantitative estimate of drug-likeness (QED) is 0.823. The first-order chi connectivity index (χ1) is 9.75. The van der Waals surface area contributed by atoms with Crippen molar-refractivity contribution in [2.45, 2.75) is 37.9 Å². The van der Waals surface area contributed by atoms with E-state index in [-0.39, 0.29) is 0 Å². The number of halogens is 1. The van der Waals surface area contributed by atoms with E-state index < -0.39 is 0 Å². The first-order valence-electron chi connectivity index (χ1n) is 7.35. The van der Waals surface area contributed by atoms with Crippen LogP contribution in [-0.4, -0.2) is 29.6 Å². The number of amides is 1. The lowest BCUT2D eigenvalue weighted by molar-refractivity contribution is -0.128. The molecule has 0 spiro atoms. The summed E-state index contributed by atoms with van der Waals surface area (Å²) in [5, 5.41) is 0.760. The van der Waals surface area contributed by atoms with Crippen LogP contribution in [0.4, 0.5) is 0 Å². The van der Waals surface area contributed by atoms with Gasteiger partial charge in [0.05, 0.1) is 5.75 Å². The minimum atomic E-state index is 0.297. The van der Waals surface area contributed by atoms with Crippen LogP contribution >= 0.6 is 23.4 Å². The van der Waals surface area contributed by atoms with Crippen molar-refractivity contribution >= 4 is 29.3 Å². The summed E-state index contributed by atoms with van der Waals surface area (Å²) in [6, 6.07) is 7.85. The zero-order chi connectivity index (χ0) is 14.2. The van der Waals surface area contributed by atoms with E-state index in [1.807, 2.05) is 29.2 Å². The molecular weight excluding hydrogens is 290 g/mol. The van der Waals surface area contributed by atoms with Gasteiger partial charge in [-0.05, 0) is 30.5 Å². The van der Waals surface area contributed by atoms with Gasteiger partial charge in [-0.25, -0.2) is 0 Å². The number of hydrogen-bond donors (Lipinski definition) is 0. The Hall–Kier alpha value is -0.670. The van der Waals surface area contributed by atoms with E-state index in [9.17, 15) is 4.79 Å². The third-order valence-electron chi connectivity index (χ3n) is 3.62. The van der Waals surface area contributed by atoms with E-state index >= 15 is 0 Å². The van der Waals surface area contributed by atoms with Crippen molar-refractivity contribution in [1.29, 1.82) is 0 Å². The van der Waals surface area contributed by atoms with Gasteiger partial charge in [0.15, 0.2) is 0 Å². The molecule has 0 bridgehead atoms. The Morgan fingerprint density at radius 1 is 1.05 bits per heavy atom. The second-order valence-electron chi connectivity index (χ2n) is 5.27. The Labute approximate surface area is 130 Å². The molecule has 0 aromatic heterocycles. The molecule has 0 saturated carbocycles. The molecule has 1 amide bonds. The largest absolute Gasteiger partial charge is 0.342 e. The standard InChI is InChI=1S/C16H22ClNOS/c17-15-8-6-14(7-9-15)12-20-13-16(19)18-10-4-2-1-3-5-11-18/h6-9H,1-5,10-13H2. The zero-order valence-electron chi connectivity index (χ0n) is 11.8. The van der Waals surface area contributed by atoms with Gasteiger partial charge in [-0.2, -0.15) is 0 Å². The molecule has 2 nitrogen and oxygen atoms in total. The summed E-state index contributed by atoms with van der Waals surface area (Å²) in [5.41, 5.74) is 1.22. The van der Waals surface area contributed by atoms with Crippen molar-refractivity contribution < 1.29 is 4.79 Å². The van der Waals surface area contributed by atoms with E-state index in [0.717, 1.165) is 36.7 Å². The Morgan fingerprint density at radius 2 is 1.65 bits per heavy atom. The number of nitrogens with zero attached hydrogens (tertiary/aromatic N) is 1. The highest BCUT2D eigenvalue weighted by Crippen LogP contribution is 2.17. The zero-order valence-corrected chi connectivity index (χ0v) is 13.4. The lowest BCUT2D eigenvalue weighted by Crippen LogP contribution is -2.35. The number of hydrogen-bond acceptors (Lipinski definition) is 2. The molecule has 110 valence electrons. The van der Waals surface area contributed by atoms with Crippen LogP contribution in [0.5, 0.6) is 0 Å². The SMILES string of the molecule is O=C(CSCc1ccc(Cl)cc1)N1CCCCCCC1.